The lowest BCUT2D eigenvalue weighted by Crippen LogP contribution is -2.31. The number of aryl methyl sites for hydroxylation is 1. The Morgan fingerprint density at radius 1 is 1.08 bits per heavy atom. The van der Waals surface area contributed by atoms with Crippen LogP contribution in [0.15, 0.2) is 73.1 Å². The molecule has 0 spiro atoms. The number of pyridine rings is 1. The third-order valence-electron chi connectivity index (χ3n) is 6.52. The van der Waals surface area contributed by atoms with E-state index in [-0.39, 0.29) is 11.9 Å². The first-order valence-corrected chi connectivity index (χ1v) is 13.3. The van der Waals surface area contributed by atoms with Crippen LogP contribution in [0.3, 0.4) is 0 Å². The minimum atomic E-state index is -0.0705. The van der Waals surface area contributed by atoms with Gasteiger partial charge < -0.3 is 14.8 Å². The third kappa shape index (κ3) is 8.78. The summed E-state index contributed by atoms with van der Waals surface area (Å²) in [6, 6.07) is 14.4. The highest BCUT2D eigenvalue weighted by Gasteiger charge is 2.10. The molecular weight excluding hydrogens is 460 g/mol. The molecule has 37 heavy (non-hydrogen) atoms. The molecule has 1 aromatic heterocycles. The van der Waals surface area contributed by atoms with Crippen LogP contribution in [0.2, 0.25) is 0 Å². The number of carbonyl (C=O) groups excluding carboxylic acids is 1. The van der Waals surface area contributed by atoms with Crippen molar-refractivity contribution >= 4 is 22.3 Å². The summed E-state index contributed by atoms with van der Waals surface area (Å²) in [5.41, 5.74) is 3.51. The normalized spacial score (nSPS) is 12.6. The highest BCUT2D eigenvalue weighted by Crippen LogP contribution is 2.34. The lowest BCUT2D eigenvalue weighted by Gasteiger charge is -2.13. The zero-order valence-corrected chi connectivity index (χ0v) is 22.6. The van der Waals surface area contributed by atoms with E-state index < -0.39 is 0 Å². The Kier molecular flexibility index (Phi) is 11.2. The molecule has 196 valence electrons. The summed E-state index contributed by atoms with van der Waals surface area (Å²) >= 11 is 0. The fourth-order valence-electron chi connectivity index (χ4n) is 4.46. The number of benzene rings is 2. The van der Waals surface area contributed by atoms with Gasteiger partial charge in [0.05, 0.1) is 14.2 Å². The Bertz CT molecular complexity index is 1200. The van der Waals surface area contributed by atoms with Crippen LogP contribution < -0.4 is 14.8 Å². The van der Waals surface area contributed by atoms with Gasteiger partial charge in [0.15, 0.2) is 0 Å². The number of hydrogen-bond donors (Lipinski definition) is 1. The Hall–Kier alpha value is -3.60. The highest BCUT2D eigenvalue weighted by molar-refractivity contribution is 5.93. The zero-order chi connectivity index (χ0) is 26.5. The summed E-state index contributed by atoms with van der Waals surface area (Å²) < 4.78 is 11.1. The monoisotopic (exact) mass is 500 g/mol. The topological polar surface area (TPSA) is 60.5 Å². The summed E-state index contributed by atoms with van der Waals surface area (Å²) in [5.74, 6) is 1.58. The van der Waals surface area contributed by atoms with Crippen molar-refractivity contribution in [3.8, 4) is 11.5 Å². The van der Waals surface area contributed by atoms with Gasteiger partial charge in [0.25, 0.3) is 0 Å². The highest BCUT2D eigenvalue weighted by atomic mass is 16.5. The number of amides is 1. The predicted octanol–water partition coefficient (Wildman–Crippen LogP) is 7.30. The van der Waals surface area contributed by atoms with E-state index in [1.807, 2.05) is 36.5 Å². The van der Waals surface area contributed by atoms with E-state index in [1.54, 1.807) is 26.5 Å². The fraction of sp³-hybridized carbons (Fsp3) is 0.375. The molecule has 5 nitrogen and oxygen atoms in total. The number of hydrogen-bond acceptors (Lipinski definition) is 4. The minimum Gasteiger partial charge on any atom is -0.497 e. The van der Waals surface area contributed by atoms with Gasteiger partial charge >= 0.3 is 0 Å². The Morgan fingerprint density at radius 2 is 1.95 bits per heavy atom. The summed E-state index contributed by atoms with van der Waals surface area (Å²) in [6.07, 6.45) is 16.5. The molecule has 0 saturated carbocycles. The number of ether oxygens (including phenoxy) is 2. The van der Waals surface area contributed by atoms with Crippen LogP contribution in [0.5, 0.6) is 11.5 Å². The molecule has 0 unspecified atom stereocenters. The maximum Gasteiger partial charge on any atom is 0.244 e. The van der Waals surface area contributed by atoms with E-state index in [4.69, 9.17) is 9.47 Å². The zero-order valence-electron chi connectivity index (χ0n) is 22.6. The van der Waals surface area contributed by atoms with Crippen LogP contribution in [0, 0.1) is 0 Å². The van der Waals surface area contributed by atoms with E-state index in [0.29, 0.717) is 0 Å². The number of allylic oxidation sites excluding steroid dienone is 3. The molecule has 1 atom stereocenters. The molecule has 0 aliphatic rings. The Balaban J connectivity index is 1.69. The number of nitrogens with one attached hydrogen (secondary N) is 1. The second-order valence-corrected chi connectivity index (χ2v) is 9.44. The molecule has 3 aromatic rings. The molecule has 3 rings (SSSR count). The number of nitrogens with zero attached hydrogens (tertiary/aromatic N) is 1. The molecule has 2 aromatic carbocycles. The molecular formula is C32H40N2O3. The smallest absolute Gasteiger partial charge is 0.244 e. The van der Waals surface area contributed by atoms with Crippen LogP contribution in [-0.4, -0.2) is 31.2 Å². The van der Waals surface area contributed by atoms with Gasteiger partial charge in [-0.15, -0.1) is 0 Å². The number of rotatable bonds is 14. The molecule has 1 heterocycles. The second kappa shape index (κ2) is 14.8. The lowest BCUT2D eigenvalue weighted by molar-refractivity contribution is -0.117. The van der Waals surface area contributed by atoms with Crippen molar-refractivity contribution in [2.75, 3.05) is 14.2 Å². The predicted molar refractivity (Wildman–Crippen MR) is 153 cm³/mol. The summed E-state index contributed by atoms with van der Waals surface area (Å²) in [4.78, 5) is 16.7. The number of aromatic nitrogens is 1. The van der Waals surface area contributed by atoms with Crippen LogP contribution in [0.25, 0.3) is 16.3 Å². The van der Waals surface area contributed by atoms with Crippen LogP contribution in [0.4, 0.5) is 0 Å². The molecule has 0 bridgehead atoms. The summed E-state index contributed by atoms with van der Waals surface area (Å²) in [7, 11) is 3.38. The van der Waals surface area contributed by atoms with Gasteiger partial charge in [-0.25, -0.2) is 0 Å². The summed E-state index contributed by atoms with van der Waals surface area (Å²) in [6.45, 7) is 4.26. The van der Waals surface area contributed by atoms with Crippen molar-refractivity contribution in [2.24, 2.45) is 0 Å². The first kappa shape index (κ1) is 28.0. The number of carbonyl (C=O) groups is 1. The van der Waals surface area contributed by atoms with Gasteiger partial charge in [-0.3, -0.25) is 9.78 Å². The molecule has 0 fully saturated rings. The average Bonchev–Trinajstić information content (AvgIpc) is 2.91. The van der Waals surface area contributed by atoms with E-state index >= 15 is 0 Å². The van der Waals surface area contributed by atoms with E-state index in [9.17, 15) is 4.79 Å². The van der Waals surface area contributed by atoms with Gasteiger partial charge in [-0.05, 0) is 97.5 Å². The second-order valence-electron chi connectivity index (χ2n) is 9.44. The van der Waals surface area contributed by atoms with Crippen molar-refractivity contribution in [2.45, 2.75) is 64.8 Å². The van der Waals surface area contributed by atoms with Gasteiger partial charge in [0.1, 0.15) is 11.5 Å². The van der Waals surface area contributed by atoms with E-state index in [0.717, 1.165) is 72.8 Å². The van der Waals surface area contributed by atoms with Crippen LogP contribution in [-0.2, 0) is 11.2 Å². The number of unbranched alkanes of at least 4 members (excludes halogenated alkanes) is 2. The Morgan fingerprint density at radius 3 is 2.68 bits per heavy atom. The molecule has 0 radical (unpaired) electrons. The average molecular weight is 501 g/mol. The fourth-order valence-corrected chi connectivity index (χ4v) is 4.46. The molecule has 0 saturated heterocycles. The van der Waals surface area contributed by atoms with Crippen molar-refractivity contribution in [1.82, 2.24) is 10.3 Å². The van der Waals surface area contributed by atoms with Gasteiger partial charge in [-0.1, -0.05) is 38.0 Å². The maximum absolute atomic E-state index is 12.5. The van der Waals surface area contributed by atoms with Crippen molar-refractivity contribution < 1.29 is 14.3 Å². The summed E-state index contributed by atoms with van der Waals surface area (Å²) in [5, 5.41) is 5.20. The van der Waals surface area contributed by atoms with E-state index in [2.05, 4.69) is 48.4 Å². The van der Waals surface area contributed by atoms with Gasteiger partial charge in [0.2, 0.25) is 5.91 Å². The van der Waals surface area contributed by atoms with Gasteiger partial charge in [0, 0.05) is 29.9 Å². The standard InChI is InChI=1S/C32H40N2O3/c1-5-6-7-14-26(27-20-28-21-29(36-3)17-18-30(28)31(22-27)37-4)15-9-16-32(35)34-24(2)11-8-12-25-13-10-19-33-23-25/h9-10,13,15-24H,5-8,11-12,14H2,1-4H3,(H,34,35)/b16-9+,26-15+/t24-/m1/s1. The molecule has 5 heteroatoms. The number of methoxy groups -OCH3 is 2. The number of fused-ring (bicyclic) bond motifs is 1. The van der Waals surface area contributed by atoms with Crippen LogP contribution >= 0.6 is 0 Å². The lowest BCUT2D eigenvalue weighted by atomic mass is 9.96. The molecule has 0 aliphatic carbocycles. The largest absolute Gasteiger partial charge is 0.497 e. The van der Waals surface area contributed by atoms with Crippen molar-refractivity contribution in [3.63, 3.8) is 0 Å². The van der Waals surface area contributed by atoms with Crippen molar-refractivity contribution in [3.05, 3.63) is 84.2 Å². The molecule has 1 amide bonds. The maximum atomic E-state index is 12.5. The molecule has 1 N–H and O–H groups in total. The first-order chi connectivity index (χ1) is 18.0. The van der Waals surface area contributed by atoms with Crippen molar-refractivity contribution in [1.29, 1.82) is 0 Å². The van der Waals surface area contributed by atoms with E-state index in [1.165, 1.54) is 11.1 Å². The SMILES string of the molecule is CCCCC/C(=C\C=C\C(=O)N[C@H](C)CCCc1cccnc1)c1cc(OC)c2ccc(OC)cc2c1. The minimum absolute atomic E-state index is 0.0705. The molecule has 0 aliphatic heterocycles. The quantitative estimate of drug-likeness (QED) is 0.143. The third-order valence-corrected chi connectivity index (χ3v) is 6.52. The Labute approximate surface area is 221 Å². The van der Waals surface area contributed by atoms with Crippen LogP contribution in [0.1, 0.15) is 63.5 Å². The van der Waals surface area contributed by atoms with Gasteiger partial charge in [-0.2, -0.15) is 0 Å². The first-order valence-electron chi connectivity index (χ1n) is 13.3.